The first-order valence-corrected chi connectivity index (χ1v) is 7.33. The minimum absolute atomic E-state index is 0.0978. The lowest BCUT2D eigenvalue weighted by atomic mass is 9.99. The third-order valence-electron chi connectivity index (χ3n) is 3.22. The van der Waals surface area contributed by atoms with E-state index in [0.29, 0.717) is 30.8 Å². The molecule has 0 heterocycles. The molecule has 0 atom stereocenters. The Morgan fingerprint density at radius 3 is 2.57 bits per heavy atom. The van der Waals surface area contributed by atoms with Crippen molar-refractivity contribution < 1.29 is 4.74 Å². The van der Waals surface area contributed by atoms with Crippen LogP contribution in [0.15, 0.2) is 41.2 Å². The van der Waals surface area contributed by atoms with Gasteiger partial charge in [-0.2, -0.15) is 0 Å². The standard InChI is InChI=1S/C17H25N5O/c1-11-4-3-5-13(17(11)23-7-6-18)9-14(10-19)16(22)15(21)8-12(2)20/h3-5,8,10,19,21H,6-7,9,18,20,22H2,1-2H3/b12-8-,16-14-,19-10?,21-15?. The molecule has 0 aliphatic heterocycles. The molecule has 0 saturated carbocycles. The van der Waals surface area contributed by atoms with Gasteiger partial charge in [0.05, 0.1) is 11.4 Å². The van der Waals surface area contributed by atoms with E-state index in [0.717, 1.165) is 16.9 Å². The molecular formula is C17H25N5O. The summed E-state index contributed by atoms with van der Waals surface area (Å²) in [4.78, 5) is 0. The molecular weight excluding hydrogens is 290 g/mol. The number of ether oxygens (including phenoxy) is 1. The number of hydrogen-bond acceptors (Lipinski definition) is 6. The summed E-state index contributed by atoms with van der Waals surface area (Å²) in [5.74, 6) is 0.752. The predicted octanol–water partition coefficient (Wildman–Crippen LogP) is 1.62. The second kappa shape index (κ2) is 8.75. The van der Waals surface area contributed by atoms with Gasteiger partial charge in [0.25, 0.3) is 0 Å². The molecule has 1 rings (SSSR count). The third kappa shape index (κ3) is 5.27. The monoisotopic (exact) mass is 315 g/mol. The number of rotatable bonds is 8. The predicted molar refractivity (Wildman–Crippen MR) is 95.1 cm³/mol. The summed E-state index contributed by atoms with van der Waals surface area (Å²) in [6.45, 7) is 4.48. The van der Waals surface area contributed by atoms with Gasteiger partial charge >= 0.3 is 0 Å². The molecule has 0 amide bonds. The third-order valence-corrected chi connectivity index (χ3v) is 3.22. The van der Waals surface area contributed by atoms with Crippen molar-refractivity contribution in [3.05, 3.63) is 52.4 Å². The van der Waals surface area contributed by atoms with Crippen LogP contribution in [0.4, 0.5) is 0 Å². The average molecular weight is 315 g/mol. The highest BCUT2D eigenvalue weighted by Crippen LogP contribution is 2.26. The van der Waals surface area contributed by atoms with E-state index in [4.69, 9.17) is 32.8 Å². The van der Waals surface area contributed by atoms with Crippen molar-refractivity contribution in [2.75, 3.05) is 13.2 Å². The molecule has 1 aromatic rings. The van der Waals surface area contributed by atoms with Crippen molar-refractivity contribution in [1.82, 2.24) is 0 Å². The van der Waals surface area contributed by atoms with Gasteiger partial charge in [-0.25, -0.2) is 0 Å². The molecule has 23 heavy (non-hydrogen) atoms. The lowest BCUT2D eigenvalue weighted by Gasteiger charge is -2.15. The highest BCUT2D eigenvalue weighted by atomic mass is 16.5. The van der Waals surface area contributed by atoms with Crippen molar-refractivity contribution >= 4 is 11.9 Å². The second-order valence-corrected chi connectivity index (χ2v) is 5.26. The summed E-state index contributed by atoms with van der Waals surface area (Å²) in [5, 5.41) is 15.5. The van der Waals surface area contributed by atoms with Crippen LogP contribution in [0.25, 0.3) is 0 Å². The average Bonchev–Trinajstić information content (AvgIpc) is 2.50. The van der Waals surface area contributed by atoms with Gasteiger partial charge in [0.1, 0.15) is 12.4 Å². The van der Waals surface area contributed by atoms with E-state index < -0.39 is 0 Å². The van der Waals surface area contributed by atoms with Crippen molar-refractivity contribution in [1.29, 1.82) is 10.8 Å². The Hall–Kier alpha value is -2.60. The van der Waals surface area contributed by atoms with Gasteiger partial charge in [-0.1, -0.05) is 18.2 Å². The fourth-order valence-electron chi connectivity index (χ4n) is 2.13. The molecule has 0 saturated heterocycles. The van der Waals surface area contributed by atoms with Crippen LogP contribution in [0.2, 0.25) is 0 Å². The lowest BCUT2D eigenvalue weighted by molar-refractivity contribution is 0.323. The number of hydrogen-bond donors (Lipinski definition) is 5. The zero-order valence-electron chi connectivity index (χ0n) is 13.6. The minimum atomic E-state index is 0.0978. The van der Waals surface area contributed by atoms with Gasteiger partial charge in [0.15, 0.2) is 0 Å². The number of allylic oxidation sites excluding steroid dienone is 3. The summed E-state index contributed by atoms with van der Waals surface area (Å²) >= 11 is 0. The number of nitrogens with two attached hydrogens (primary N) is 3. The molecule has 0 aliphatic rings. The van der Waals surface area contributed by atoms with E-state index in [-0.39, 0.29) is 11.4 Å². The normalized spacial score (nSPS) is 12.6. The fraction of sp³-hybridized carbons (Fsp3) is 0.294. The summed E-state index contributed by atoms with van der Waals surface area (Å²) in [5.41, 5.74) is 20.3. The molecule has 1 aromatic carbocycles. The molecule has 0 spiro atoms. The van der Waals surface area contributed by atoms with Crippen molar-refractivity contribution in [2.45, 2.75) is 20.3 Å². The highest BCUT2D eigenvalue weighted by Gasteiger charge is 2.12. The largest absolute Gasteiger partial charge is 0.492 e. The number of para-hydroxylation sites is 1. The zero-order valence-corrected chi connectivity index (χ0v) is 13.6. The maximum atomic E-state index is 7.94. The number of aryl methyl sites for hydroxylation is 1. The summed E-state index contributed by atoms with van der Waals surface area (Å²) < 4.78 is 5.72. The van der Waals surface area contributed by atoms with Crippen molar-refractivity contribution in [3.8, 4) is 5.75 Å². The first kappa shape index (κ1) is 18.4. The SMILES string of the molecule is C/C(N)=C/C(=N)/C(N)=C(/C=N)Cc1cccc(C)c1OCCN. The van der Waals surface area contributed by atoms with Crippen LogP contribution in [0.1, 0.15) is 18.1 Å². The van der Waals surface area contributed by atoms with Gasteiger partial charge < -0.3 is 27.3 Å². The van der Waals surface area contributed by atoms with Crippen LogP contribution < -0.4 is 21.9 Å². The highest BCUT2D eigenvalue weighted by molar-refractivity contribution is 6.09. The van der Waals surface area contributed by atoms with Crippen LogP contribution in [-0.4, -0.2) is 25.1 Å². The van der Waals surface area contributed by atoms with Gasteiger partial charge in [0, 0.05) is 24.9 Å². The van der Waals surface area contributed by atoms with Gasteiger partial charge in [0.2, 0.25) is 0 Å². The Bertz CT molecular complexity index is 642. The maximum absolute atomic E-state index is 7.94. The van der Waals surface area contributed by atoms with E-state index >= 15 is 0 Å². The molecule has 8 N–H and O–H groups in total. The maximum Gasteiger partial charge on any atom is 0.125 e. The number of benzene rings is 1. The van der Waals surface area contributed by atoms with E-state index in [1.165, 1.54) is 12.3 Å². The molecule has 0 radical (unpaired) electrons. The van der Waals surface area contributed by atoms with Gasteiger partial charge in [-0.05, 0) is 36.6 Å². The van der Waals surface area contributed by atoms with Crippen molar-refractivity contribution in [2.24, 2.45) is 17.2 Å². The second-order valence-electron chi connectivity index (χ2n) is 5.26. The van der Waals surface area contributed by atoms with Gasteiger partial charge in [-0.15, -0.1) is 0 Å². The Balaban J connectivity index is 3.17. The quantitative estimate of drug-likeness (QED) is 0.466. The first-order valence-electron chi connectivity index (χ1n) is 7.33. The lowest BCUT2D eigenvalue weighted by Crippen LogP contribution is -2.16. The Morgan fingerprint density at radius 2 is 2.00 bits per heavy atom. The van der Waals surface area contributed by atoms with Crippen LogP contribution in [-0.2, 0) is 6.42 Å². The molecule has 0 fully saturated rings. The van der Waals surface area contributed by atoms with Crippen LogP contribution in [0.3, 0.4) is 0 Å². The fourth-order valence-corrected chi connectivity index (χ4v) is 2.13. The zero-order chi connectivity index (χ0) is 17.4. The molecule has 0 unspecified atom stereocenters. The minimum Gasteiger partial charge on any atom is -0.492 e. The molecule has 0 aromatic heterocycles. The van der Waals surface area contributed by atoms with E-state index in [1.54, 1.807) is 6.92 Å². The number of nitrogens with one attached hydrogen (secondary N) is 2. The topological polar surface area (TPSA) is 135 Å². The first-order chi connectivity index (χ1) is 10.9. The summed E-state index contributed by atoms with van der Waals surface area (Å²) in [6, 6.07) is 5.80. The van der Waals surface area contributed by atoms with E-state index in [1.807, 2.05) is 25.1 Å². The van der Waals surface area contributed by atoms with Crippen LogP contribution in [0.5, 0.6) is 5.75 Å². The molecule has 6 heteroatoms. The molecule has 0 aliphatic carbocycles. The van der Waals surface area contributed by atoms with E-state index in [2.05, 4.69) is 0 Å². The molecule has 124 valence electrons. The smallest absolute Gasteiger partial charge is 0.125 e. The van der Waals surface area contributed by atoms with Crippen LogP contribution in [0, 0.1) is 17.7 Å². The summed E-state index contributed by atoms with van der Waals surface area (Å²) in [6.07, 6.45) is 3.04. The Morgan fingerprint density at radius 1 is 1.30 bits per heavy atom. The molecule has 0 bridgehead atoms. The summed E-state index contributed by atoms with van der Waals surface area (Å²) in [7, 11) is 0. The Kier molecular flexibility index (Phi) is 7.02. The van der Waals surface area contributed by atoms with Crippen molar-refractivity contribution in [3.63, 3.8) is 0 Å². The van der Waals surface area contributed by atoms with E-state index in [9.17, 15) is 0 Å². The molecule has 6 nitrogen and oxygen atoms in total. The van der Waals surface area contributed by atoms with Gasteiger partial charge in [-0.3, -0.25) is 5.41 Å². The Labute approximate surface area is 137 Å². The van der Waals surface area contributed by atoms with Crippen LogP contribution >= 0.6 is 0 Å².